The van der Waals surface area contributed by atoms with Gasteiger partial charge in [0.2, 0.25) is 0 Å². The Morgan fingerprint density at radius 3 is 1.68 bits per heavy atom. The Balaban J connectivity index is 1.35. The van der Waals surface area contributed by atoms with Crippen molar-refractivity contribution in [2.24, 2.45) is 0 Å². The van der Waals surface area contributed by atoms with E-state index < -0.39 is 0 Å². The van der Waals surface area contributed by atoms with E-state index in [0.717, 1.165) is 72.2 Å². The van der Waals surface area contributed by atoms with E-state index in [1.807, 2.05) is 84.9 Å². The molecule has 0 fully saturated rings. The van der Waals surface area contributed by atoms with Crippen LogP contribution in [0.2, 0.25) is 0 Å². The van der Waals surface area contributed by atoms with Crippen LogP contribution in [0.25, 0.3) is 82.9 Å². The quantitative estimate of drug-likeness (QED) is 0.171. The van der Waals surface area contributed by atoms with Gasteiger partial charge in [0.1, 0.15) is 0 Å². The van der Waals surface area contributed by atoms with E-state index in [9.17, 15) is 5.26 Å². The SMILES string of the molecule is [C-]#[N+]c1ccccc1-c1ccc(-c2nc(-c3ccc(-c4ccccc4C#N)cc3)nc3c(-c4ccccc4)cc(-c4ccccc4)cc23)cc1. The fraction of sp³-hybridized carbons (Fsp3) is 0. The highest BCUT2D eigenvalue weighted by Crippen LogP contribution is 2.40. The van der Waals surface area contributed by atoms with E-state index in [2.05, 4.69) is 95.8 Å². The summed E-state index contributed by atoms with van der Waals surface area (Å²) in [7, 11) is 0. The van der Waals surface area contributed by atoms with Crippen LogP contribution in [0.1, 0.15) is 5.56 Å². The first-order valence-electron chi connectivity index (χ1n) is 16.3. The van der Waals surface area contributed by atoms with Gasteiger partial charge in [0, 0.05) is 22.1 Å². The molecule has 50 heavy (non-hydrogen) atoms. The summed E-state index contributed by atoms with van der Waals surface area (Å²) >= 11 is 0. The molecule has 0 saturated heterocycles. The van der Waals surface area contributed by atoms with Crippen molar-refractivity contribution in [3.05, 3.63) is 187 Å². The molecule has 0 amide bonds. The molecule has 4 heteroatoms. The molecule has 7 aromatic carbocycles. The molecule has 0 N–H and O–H groups in total. The first-order valence-corrected chi connectivity index (χ1v) is 16.3. The zero-order valence-electron chi connectivity index (χ0n) is 27.0. The summed E-state index contributed by atoms with van der Waals surface area (Å²) in [6.07, 6.45) is 0. The summed E-state index contributed by atoms with van der Waals surface area (Å²) in [5.74, 6) is 0.611. The van der Waals surface area contributed by atoms with Gasteiger partial charge >= 0.3 is 0 Å². The van der Waals surface area contributed by atoms with Crippen LogP contribution in [-0.2, 0) is 0 Å². The normalized spacial score (nSPS) is 10.8. The van der Waals surface area contributed by atoms with Crippen LogP contribution >= 0.6 is 0 Å². The summed E-state index contributed by atoms with van der Waals surface area (Å²) < 4.78 is 0. The zero-order chi connectivity index (χ0) is 33.9. The van der Waals surface area contributed by atoms with Crippen molar-refractivity contribution in [1.82, 2.24) is 9.97 Å². The number of hydrogen-bond acceptors (Lipinski definition) is 3. The van der Waals surface area contributed by atoms with Gasteiger partial charge in [-0.25, -0.2) is 14.8 Å². The number of para-hydroxylation sites is 1. The minimum absolute atomic E-state index is 0.611. The number of nitrogens with zero attached hydrogens (tertiary/aromatic N) is 4. The molecule has 0 saturated carbocycles. The third kappa shape index (κ3) is 5.69. The Labute approximate surface area is 291 Å². The lowest BCUT2D eigenvalue weighted by molar-refractivity contribution is 1.23. The Kier molecular flexibility index (Phi) is 7.95. The molecule has 1 aromatic heterocycles. The maximum Gasteiger partial charge on any atom is 0.194 e. The zero-order valence-corrected chi connectivity index (χ0v) is 27.0. The topological polar surface area (TPSA) is 53.9 Å². The molecule has 0 atom stereocenters. The third-order valence-corrected chi connectivity index (χ3v) is 8.99. The molecule has 8 rings (SSSR count). The summed E-state index contributed by atoms with van der Waals surface area (Å²) in [4.78, 5) is 14.3. The molecule has 0 aliphatic carbocycles. The van der Waals surface area contributed by atoms with Crippen LogP contribution in [0.3, 0.4) is 0 Å². The standard InChI is InChI=1S/C46H28N4/c1-48-43-19-11-10-18-40(43)34-20-24-35(25-21-34)44-42-29-38(31-12-4-2-5-13-31)28-41(32-14-6-3-7-15-32)45(42)50-46(49-44)36-26-22-33(23-27-36)39-17-9-8-16-37(39)30-47/h2-29H. The molecule has 1 heterocycles. The highest BCUT2D eigenvalue weighted by Gasteiger charge is 2.18. The molecule has 8 aromatic rings. The van der Waals surface area contributed by atoms with Gasteiger partial charge in [-0.2, -0.15) is 5.26 Å². The van der Waals surface area contributed by atoms with E-state index in [0.29, 0.717) is 17.1 Å². The summed E-state index contributed by atoms with van der Waals surface area (Å²) in [6, 6.07) is 59.2. The van der Waals surface area contributed by atoms with Crippen molar-refractivity contribution in [2.45, 2.75) is 0 Å². The Hall–Kier alpha value is -7.14. The van der Waals surface area contributed by atoms with Crippen LogP contribution in [0, 0.1) is 17.9 Å². The van der Waals surface area contributed by atoms with Crippen molar-refractivity contribution in [2.75, 3.05) is 0 Å². The van der Waals surface area contributed by atoms with Crippen LogP contribution in [0.5, 0.6) is 0 Å². The number of aromatic nitrogens is 2. The molecule has 232 valence electrons. The second kappa shape index (κ2) is 13.2. The van der Waals surface area contributed by atoms with Gasteiger partial charge in [0.25, 0.3) is 0 Å². The highest BCUT2D eigenvalue weighted by molar-refractivity contribution is 6.04. The predicted octanol–water partition coefficient (Wildman–Crippen LogP) is 12.1. The van der Waals surface area contributed by atoms with Crippen LogP contribution in [0.4, 0.5) is 5.69 Å². The summed E-state index contributed by atoms with van der Waals surface area (Å²) in [5.41, 5.74) is 12.8. The number of benzene rings is 7. The Bertz CT molecular complexity index is 2580. The van der Waals surface area contributed by atoms with E-state index in [1.54, 1.807) is 0 Å². The van der Waals surface area contributed by atoms with Crippen LogP contribution in [-0.4, -0.2) is 9.97 Å². The lowest BCUT2D eigenvalue weighted by Gasteiger charge is -2.16. The first kappa shape index (κ1) is 30.2. The molecule has 0 aliphatic rings. The predicted molar refractivity (Wildman–Crippen MR) is 203 cm³/mol. The molecular weight excluding hydrogens is 609 g/mol. The van der Waals surface area contributed by atoms with Gasteiger partial charge in [-0.1, -0.05) is 152 Å². The molecule has 0 radical (unpaired) electrons. The fourth-order valence-electron chi connectivity index (χ4n) is 6.47. The Morgan fingerprint density at radius 2 is 1.00 bits per heavy atom. The third-order valence-electron chi connectivity index (χ3n) is 8.99. The van der Waals surface area contributed by atoms with E-state index in [-0.39, 0.29) is 0 Å². The summed E-state index contributed by atoms with van der Waals surface area (Å²) in [6.45, 7) is 7.66. The highest BCUT2D eigenvalue weighted by atomic mass is 14.9. The second-order valence-electron chi connectivity index (χ2n) is 12.0. The summed E-state index contributed by atoms with van der Waals surface area (Å²) in [5, 5.41) is 10.6. The molecular formula is C46H28N4. The lowest BCUT2D eigenvalue weighted by Crippen LogP contribution is -1.98. The number of hydrogen-bond donors (Lipinski definition) is 0. The van der Waals surface area contributed by atoms with Gasteiger partial charge in [-0.15, -0.1) is 0 Å². The van der Waals surface area contributed by atoms with Crippen LogP contribution in [0.15, 0.2) is 170 Å². The average Bonchev–Trinajstić information content (AvgIpc) is 3.20. The monoisotopic (exact) mass is 636 g/mol. The first-order chi connectivity index (χ1) is 24.7. The fourth-order valence-corrected chi connectivity index (χ4v) is 6.47. The Morgan fingerprint density at radius 1 is 0.460 bits per heavy atom. The molecule has 0 aliphatic heterocycles. The van der Waals surface area contributed by atoms with Crippen molar-refractivity contribution < 1.29 is 0 Å². The van der Waals surface area contributed by atoms with Crippen LogP contribution < -0.4 is 0 Å². The lowest BCUT2D eigenvalue weighted by atomic mass is 9.93. The van der Waals surface area contributed by atoms with Crippen molar-refractivity contribution >= 4 is 16.6 Å². The van der Waals surface area contributed by atoms with E-state index in [4.69, 9.17) is 16.5 Å². The van der Waals surface area contributed by atoms with Gasteiger partial charge < -0.3 is 0 Å². The smallest absolute Gasteiger partial charge is 0.194 e. The van der Waals surface area contributed by atoms with E-state index >= 15 is 0 Å². The van der Waals surface area contributed by atoms with Crippen molar-refractivity contribution in [1.29, 1.82) is 5.26 Å². The minimum Gasteiger partial charge on any atom is -0.238 e. The minimum atomic E-state index is 0.611. The average molecular weight is 637 g/mol. The second-order valence-corrected chi connectivity index (χ2v) is 12.0. The largest absolute Gasteiger partial charge is 0.238 e. The molecule has 0 unspecified atom stereocenters. The van der Waals surface area contributed by atoms with Crippen molar-refractivity contribution in [3.8, 4) is 73.2 Å². The van der Waals surface area contributed by atoms with Gasteiger partial charge in [0.15, 0.2) is 11.5 Å². The molecule has 0 bridgehead atoms. The number of nitriles is 1. The van der Waals surface area contributed by atoms with Gasteiger partial charge in [-0.3, -0.25) is 0 Å². The van der Waals surface area contributed by atoms with E-state index in [1.165, 1.54) is 0 Å². The van der Waals surface area contributed by atoms with Crippen molar-refractivity contribution in [3.63, 3.8) is 0 Å². The maximum atomic E-state index is 9.69. The number of fused-ring (bicyclic) bond motifs is 1. The molecule has 0 spiro atoms. The van der Waals surface area contributed by atoms with Gasteiger partial charge in [0.05, 0.1) is 29.4 Å². The number of rotatable bonds is 6. The van der Waals surface area contributed by atoms with Gasteiger partial charge in [-0.05, 0) is 57.1 Å². The maximum absolute atomic E-state index is 9.69. The molecule has 4 nitrogen and oxygen atoms in total.